The van der Waals surface area contributed by atoms with E-state index in [4.69, 9.17) is 4.74 Å². The van der Waals surface area contributed by atoms with E-state index >= 15 is 0 Å². The van der Waals surface area contributed by atoms with E-state index in [2.05, 4.69) is 39.8 Å². The summed E-state index contributed by atoms with van der Waals surface area (Å²) in [6.45, 7) is 3.70. The Hall–Kier alpha value is -1.72. The molecule has 2 atom stereocenters. The number of ether oxygens (including phenoxy) is 1. The van der Waals surface area contributed by atoms with E-state index in [-0.39, 0.29) is 0 Å². The lowest BCUT2D eigenvalue weighted by atomic mass is 10.0. The summed E-state index contributed by atoms with van der Waals surface area (Å²) in [6, 6.07) is 10.6. The fourth-order valence-electron chi connectivity index (χ4n) is 2.63. The molecule has 1 aliphatic heterocycles. The van der Waals surface area contributed by atoms with E-state index < -0.39 is 0 Å². The van der Waals surface area contributed by atoms with E-state index in [1.165, 1.54) is 0 Å². The van der Waals surface area contributed by atoms with E-state index in [0.717, 1.165) is 42.9 Å². The molecule has 2 N–H and O–H groups in total. The van der Waals surface area contributed by atoms with Crippen molar-refractivity contribution in [2.75, 3.05) is 6.61 Å². The van der Waals surface area contributed by atoms with Crippen LogP contribution in [0, 0.1) is 0 Å². The summed E-state index contributed by atoms with van der Waals surface area (Å²) in [7, 11) is 0. The third-order valence-electron chi connectivity index (χ3n) is 3.71. The summed E-state index contributed by atoms with van der Waals surface area (Å²) in [6.07, 6.45) is 2.45. The van der Waals surface area contributed by atoms with Gasteiger partial charge < -0.3 is 10.1 Å². The Balaban J connectivity index is 1.65. The largest absolute Gasteiger partial charge is 0.378 e. The van der Waals surface area contributed by atoms with Crippen molar-refractivity contribution in [2.45, 2.75) is 38.5 Å². The van der Waals surface area contributed by atoms with Crippen molar-refractivity contribution in [1.82, 2.24) is 20.7 Å². The summed E-state index contributed by atoms with van der Waals surface area (Å²) in [5.74, 6) is 0. The third-order valence-corrected chi connectivity index (χ3v) is 3.71. The van der Waals surface area contributed by atoms with Crippen molar-refractivity contribution >= 4 is 0 Å². The van der Waals surface area contributed by atoms with Gasteiger partial charge in [-0.25, -0.2) is 0 Å². The number of aromatic nitrogens is 3. The van der Waals surface area contributed by atoms with Crippen molar-refractivity contribution in [3.63, 3.8) is 0 Å². The number of hydrogen-bond acceptors (Lipinski definition) is 4. The lowest BCUT2D eigenvalue weighted by molar-refractivity contribution is 0.0130. The smallest absolute Gasteiger partial charge is 0.117 e. The maximum Gasteiger partial charge on any atom is 0.117 e. The van der Waals surface area contributed by atoms with Crippen LogP contribution in [-0.4, -0.2) is 34.2 Å². The zero-order valence-electron chi connectivity index (χ0n) is 11.7. The summed E-state index contributed by atoms with van der Waals surface area (Å²) in [4.78, 5) is 0. The first-order valence-electron chi connectivity index (χ1n) is 7.13. The van der Waals surface area contributed by atoms with Crippen LogP contribution in [0.15, 0.2) is 30.3 Å². The summed E-state index contributed by atoms with van der Waals surface area (Å²) < 4.78 is 5.56. The first-order valence-corrected chi connectivity index (χ1v) is 7.13. The van der Waals surface area contributed by atoms with Gasteiger partial charge in [-0.1, -0.05) is 30.3 Å². The van der Waals surface area contributed by atoms with Gasteiger partial charge >= 0.3 is 0 Å². The average molecular weight is 272 g/mol. The molecule has 2 unspecified atom stereocenters. The topological polar surface area (TPSA) is 62.8 Å². The van der Waals surface area contributed by atoms with Crippen LogP contribution in [0.1, 0.15) is 25.5 Å². The van der Waals surface area contributed by atoms with Gasteiger partial charge in [0.1, 0.15) is 11.4 Å². The van der Waals surface area contributed by atoms with E-state index in [1.54, 1.807) is 0 Å². The molecule has 5 heteroatoms. The van der Waals surface area contributed by atoms with Gasteiger partial charge in [0.2, 0.25) is 0 Å². The molecule has 1 aromatic heterocycles. The van der Waals surface area contributed by atoms with Crippen molar-refractivity contribution in [1.29, 1.82) is 0 Å². The van der Waals surface area contributed by atoms with Gasteiger partial charge in [-0.15, -0.1) is 0 Å². The number of H-pyrrole nitrogens is 1. The second-order valence-corrected chi connectivity index (χ2v) is 5.27. The quantitative estimate of drug-likeness (QED) is 0.895. The van der Waals surface area contributed by atoms with E-state index in [0.29, 0.717) is 12.1 Å². The van der Waals surface area contributed by atoms with Crippen molar-refractivity contribution < 1.29 is 4.74 Å². The Bertz CT molecular complexity index is 540. The number of hydrogen-bond donors (Lipinski definition) is 2. The molecule has 106 valence electrons. The Morgan fingerprint density at radius 2 is 2.15 bits per heavy atom. The number of benzene rings is 1. The minimum absolute atomic E-state index is 0.340. The van der Waals surface area contributed by atoms with Gasteiger partial charge in [0.25, 0.3) is 0 Å². The molecule has 3 rings (SSSR count). The molecule has 20 heavy (non-hydrogen) atoms. The van der Waals surface area contributed by atoms with Gasteiger partial charge in [0.15, 0.2) is 0 Å². The zero-order valence-corrected chi connectivity index (χ0v) is 11.7. The lowest BCUT2D eigenvalue weighted by Gasteiger charge is -2.27. The maximum absolute atomic E-state index is 5.56. The highest BCUT2D eigenvalue weighted by Gasteiger charge is 2.19. The second kappa shape index (κ2) is 6.15. The van der Waals surface area contributed by atoms with Crippen LogP contribution < -0.4 is 5.32 Å². The molecule has 2 heterocycles. The van der Waals surface area contributed by atoms with Crippen LogP contribution in [0.4, 0.5) is 0 Å². The number of nitrogens with one attached hydrogen (secondary N) is 2. The molecule has 0 bridgehead atoms. The monoisotopic (exact) mass is 272 g/mol. The Morgan fingerprint density at radius 1 is 1.30 bits per heavy atom. The van der Waals surface area contributed by atoms with E-state index in [9.17, 15) is 0 Å². The Labute approximate surface area is 118 Å². The van der Waals surface area contributed by atoms with Crippen LogP contribution in [0.5, 0.6) is 0 Å². The van der Waals surface area contributed by atoms with Crippen LogP contribution >= 0.6 is 0 Å². The molecule has 0 amide bonds. The lowest BCUT2D eigenvalue weighted by Crippen LogP contribution is -2.37. The summed E-state index contributed by atoms with van der Waals surface area (Å²) >= 11 is 0. The predicted molar refractivity (Wildman–Crippen MR) is 77.1 cm³/mol. The molecule has 0 aliphatic carbocycles. The maximum atomic E-state index is 5.56. The fourth-order valence-corrected chi connectivity index (χ4v) is 2.63. The summed E-state index contributed by atoms with van der Waals surface area (Å²) in [5.41, 5.74) is 2.99. The van der Waals surface area contributed by atoms with Crippen LogP contribution in [-0.2, 0) is 11.3 Å². The molecule has 1 saturated heterocycles. The molecule has 5 nitrogen and oxygen atoms in total. The normalized spacial score (nSPS) is 22.9. The third kappa shape index (κ3) is 3.05. The SMILES string of the molecule is CC1CC(NCc2n[nH]nc2-c2ccccc2)CCO1. The fraction of sp³-hybridized carbons (Fsp3) is 0.467. The van der Waals surface area contributed by atoms with Crippen molar-refractivity contribution in [3.05, 3.63) is 36.0 Å². The zero-order chi connectivity index (χ0) is 13.8. The van der Waals surface area contributed by atoms with Crippen LogP contribution in [0.3, 0.4) is 0 Å². The van der Waals surface area contributed by atoms with Gasteiger partial charge in [0, 0.05) is 24.8 Å². The first kappa shape index (κ1) is 13.3. The number of rotatable bonds is 4. The Kier molecular flexibility index (Phi) is 4.08. The predicted octanol–water partition coefficient (Wildman–Crippen LogP) is 2.13. The Morgan fingerprint density at radius 3 is 2.95 bits per heavy atom. The van der Waals surface area contributed by atoms with Crippen LogP contribution in [0.2, 0.25) is 0 Å². The van der Waals surface area contributed by atoms with Crippen molar-refractivity contribution in [2.24, 2.45) is 0 Å². The first-order chi connectivity index (χ1) is 9.83. The highest BCUT2D eigenvalue weighted by Crippen LogP contribution is 2.20. The number of nitrogens with zero attached hydrogens (tertiary/aromatic N) is 2. The highest BCUT2D eigenvalue weighted by molar-refractivity contribution is 5.60. The number of aromatic amines is 1. The standard InChI is InChI=1S/C15H20N4O/c1-11-9-13(7-8-20-11)16-10-14-15(18-19-17-14)12-5-3-2-4-6-12/h2-6,11,13,16H,7-10H2,1H3,(H,17,18,19). The highest BCUT2D eigenvalue weighted by atomic mass is 16.5. The van der Waals surface area contributed by atoms with Gasteiger partial charge in [0.05, 0.1) is 6.10 Å². The van der Waals surface area contributed by atoms with Gasteiger partial charge in [-0.3, -0.25) is 0 Å². The average Bonchev–Trinajstić information content (AvgIpc) is 2.95. The van der Waals surface area contributed by atoms with Crippen LogP contribution in [0.25, 0.3) is 11.3 Å². The second-order valence-electron chi connectivity index (χ2n) is 5.27. The van der Waals surface area contributed by atoms with E-state index in [1.807, 2.05) is 18.2 Å². The van der Waals surface area contributed by atoms with Crippen molar-refractivity contribution in [3.8, 4) is 11.3 Å². The molecule has 0 saturated carbocycles. The molecule has 1 aromatic carbocycles. The molecular formula is C15H20N4O. The molecule has 0 radical (unpaired) electrons. The molecule has 0 spiro atoms. The minimum atomic E-state index is 0.340. The molecule has 2 aromatic rings. The summed E-state index contributed by atoms with van der Waals surface area (Å²) in [5, 5.41) is 14.8. The van der Waals surface area contributed by atoms with Gasteiger partial charge in [-0.05, 0) is 19.8 Å². The minimum Gasteiger partial charge on any atom is -0.378 e. The van der Waals surface area contributed by atoms with Gasteiger partial charge in [-0.2, -0.15) is 15.4 Å². The molecular weight excluding hydrogens is 252 g/mol. The molecule has 1 aliphatic rings. The molecule has 1 fully saturated rings.